The zero-order valence-electron chi connectivity index (χ0n) is 8.98. The third-order valence-electron chi connectivity index (χ3n) is 2.45. The van der Waals surface area contributed by atoms with E-state index in [-0.39, 0.29) is 5.56 Å². The molecule has 0 spiro atoms. The van der Waals surface area contributed by atoms with E-state index in [1.54, 1.807) is 10.6 Å². The second-order valence-electron chi connectivity index (χ2n) is 3.76. The molecule has 0 aliphatic heterocycles. The van der Waals surface area contributed by atoms with E-state index >= 15 is 0 Å². The van der Waals surface area contributed by atoms with Gasteiger partial charge in [0, 0.05) is 16.7 Å². The Kier molecular flexibility index (Phi) is 3.25. The summed E-state index contributed by atoms with van der Waals surface area (Å²) in [6.07, 6.45) is 1.83. The Morgan fingerprint density at radius 3 is 2.69 bits per heavy atom. The number of nitrogens with zero attached hydrogens (tertiary/aromatic N) is 1. The predicted molar refractivity (Wildman–Crippen MR) is 68.7 cm³/mol. The molecule has 82 valence electrons. The van der Waals surface area contributed by atoms with Crippen molar-refractivity contribution in [2.24, 2.45) is 0 Å². The van der Waals surface area contributed by atoms with Gasteiger partial charge >= 0.3 is 0 Å². The molecule has 0 radical (unpaired) electrons. The van der Waals surface area contributed by atoms with E-state index in [2.05, 4.69) is 15.9 Å². The molecule has 0 atom stereocenters. The van der Waals surface area contributed by atoms with Crippen molar-refractivity contribution in [1.29, 1.82) is 0 Å². The van der Waals surface area contributed by atoms with Gasteiger partial charge in [-0.2, -0.15) is 0 Å². The van der Waals surface area contributed by atoms with Crippen LogP contribution in [0, 0.1) is 6.92 Å². The molecule has 0 aliphatic carbocycles. The van der Waals surface area contributed by atoms with E-state index in [9.17, 15) is 4.79 Å². The number of rotatable bonds is 2. The lowest BCUT2D eigenvalue weighted by atomic mass is 10.2. The van der Waals surface area contributed by atoms with Crippen molar-refractivity contribution in [2.45, 2.75) is 13.5 Å². The van der Waals surface area contributed by atoms with Crippen LogP contribution in [0.2, 0.25) is 0 Å². The largest absolute Gasteiger partial charge is 0.311 e. The molecule has 0 amide bonds. The van der Waals surface area contributed by atoms with Crippen LogP contribution in [0.25, 0.3) is 0 Å². The number of aromatic nitrogens is 1. The summed E-state index contributed by atoms with van der Waals surface area (Å²) in [6, 6.07) is 11.5. The van der Waals surface area contributed by atoms with Crippen molar-refractivity contribution in [3.8, 4) is 0 Å². The van der Waals surface area contributed by atoms with Crippen LogP contribution in [0.5, 0.6) is 0 Å². The SMILES string of the molecule is Cc1ccn(Cc2ccccc2Br)c(=O)c1. The summed E-state index contributed by atoms with van der Waals surface area (Å²) in [7, 11) is 0. The molecule has 2 rings (SSSR count). The second-order valence-corrected chi connectivity index (χ2v) is 4.62. The molecule has 1 heterocycles. The lowest BCUT2D eigenvalue weighted by Crippen LogP contribution is -2.19. The number of halogens is 1. The average molecular weight is 278 g/mol. The highest BCUT2D eigenvalue weighted by Gasteiger charge is 2.01. The number of hydrogen-bond acceptors (Lipinski definition) is 1. The normalized spacial score (nSPS) is 10.4. The minimum atomic E-state index is 0.0377. The summed E-state index contributed by atoms with van der Waals surface area (Å²) in [5, 5.41) is 0. The summed E-state index contributed by atoms with van der Waals surface area (Å²) in [4.78, 5) is 11.7. The maximum atomic E-state index is 11.7. The molecule has 0 N–H and O–H groups in total. The first kappa shape index (κ1) is 11.1. The van der Waals surface area contributed by atoms with Crippen LogP contribution in [-0.2, 0) is 6.54 Å². The van der Waals surface area contributed by atoms with Gasteiger partial charge in [-0.05, 0) is 30.2 Å². The monoisotopic (exact) mass is 277 g/mol. The maximum Gasteiger partial charge on any atom is 0.251 e. The molecule has 1 aromatic heterocycles. The van der Waals surface area contributed by atoms with Gasteiger partial charge in [0.05, 0.1) is 6.54 Å². The molecule has 0 aliphatic rings. The molecule has 2 nitrogen and oxygen atoms in total. The van der Waals surface area contributed by atoms with E-state index in [1.165, 1.54) is 0 Å². The fourth-order valence-electron chi connectivity index (χ4n) is 1.55. The van der Waals surface area contributed by atoms with Crippen molar-refractivity contribution in [2.75, 3.05) is 0 Å². The van der Waals surface area contributed by atoms with Crippen molar-refractivity contribution in [1.82, 2.24) is 4.57 Å². The smallest absolute Gasteiger partial charge is 0.251 e. The molecule has 2 aromatic rings. The van der Waals surface area contributed by atoms with Crippen LogP contribution in [0.3, 0.4) is 0 Å². The molecule has 0 fully saturated rings. The van der Waals surface area contributed by atoms with Crippen LogP contribution in [-0.4, -0.2) is 4.57 Å². The molecule has 1 aromatic carbocycles. The molecule has 16 heavy (non-hydrogen) atoms. The minimum absolute atomic E-state index is 0.0377. The van der Waals surface area contributed by atoms with E-state index in [1.807, 2.05) is 43.5 Å². The third-order valence-corrected chi connectivity index (χ3v) is 3.22. The highest BCUT2D eigenvalue weighted by Crippen LogP contribution is 2.16. The van der Waals surface area contributed by atoms with Crippen molar-refractivity contribution in [3.05, 3.63) is 68.5 Å². The summed E-state index contributed by atoms with van der Waals surface area (Å²) in [6.45, 7) is 2.52. The fourth-order valence-corrected chi connectivity index (χ4v) is 1.96. The van der Waals surface area contributed by atoms with Gasteiger partial charge in [0.1, 0.15) is 0 Å². The number of aryl methyl sites for hydroxylation is 1. The van der Waals surface area contributed by atoms with Gasteiger partial charge in [-0.1, -0.05) is 34.1 Å². The first-order valence-corrected chi connectivity index (χ1v) is 5.86. The Morgan fingerprint density at radius 2 is 2.00 bits per heavy atom. The Morgan fingerprint density at radius 1 is 1.25 bits per heavy atom. The zero-order valence-corrected chi connectivity index (χ0v) is 10.6. The highest BCUT2D eigenvalue weighted by molar-refractivity contribution is 9.10. The van der Waals surface area contributed by atoms with Gasteiger partial charge in [-0.3, -0.25) is 4.79 Å². The van der Waals surface area contributed by atoms with E-state index < -0.39 is 0 Å². The molecule has 0 saturated carbocycles. The van der Waals surface area contributed by atoms with Gasteiger partial charge < -0.3 is 4.57 Å². The number of pyridine rings is 1. The summed E-state index contributed by atoms with van der Waals surface area (Å²) < 4.78 is 2.73. The number of benzene rings is 1. The Bertz CT molecular complexity index is 560. The molecular formula is C13H12BrNO. The lowest BCUT2D eigenvalue weighted by molar-refractivity contribution is 0.754. The van der Waals surface area contributed by atoms with E-state index in [0.29, 0.717) is 6.54 Å². The van der Waals surface area contributed by atoms with Gasteiger partial charge in [0.25, 0.3) is 5.56 Å². The Balaban J connectivity index is 2.35. The third kappa shape index (κ3) is 2.42. The van der Waals surface area contributed by atoms with Crippen molar-refractivity contribution < 1.29 is 0 Å². The van der Waals surface area contributed by atoms with Gasteiger partial charge in [0.15, 0.2) is 0 Å². The van der Waals surface area contributed by atoms with Crippen LogP contribution in [0.15, 0.2) is 51.9 Å². The van der Waals surface area contributed by atoms with Gasteiger partial charge in [-0.25, -0.2) is 0 Å². The molecule has 0 saturated heterocycles. The zero-order chi connectivity index (χ0) is 11.5. The predicted octanol–water partition coefficient (Wildman–Crippen LogP) is 2.97. The van der Waals surface area contributed by atoms with Crippen LogP contribution in [0.1, 0.15) is 11.1 Å². The fraction of sp³-hybridized carbons (Fsp3) is 0.154. The molecular weight excluding hydrogens is 266 g/mol. The summed E-state index contributed by atoms with van der Waals surface area (Å²) in [5.41, 5.74) is 2.14. The van der Waals surface area contributed by atoms with Gasteiger partial charge in [0.2, 0.25) is 0 Å². The lowest BCUT2D eigenvalue weighted by Gasteiger charge is -2.07. The van der Waals surface area contributed by atoms with Crippen molar-refractivity contribution in [3.63, 3.8) is 0 Å². The number of hydrogen-bond donors (Lipinski definition) is 0. The van der Waals surface area contributed by atoms with Crippen LogP contribution >= 0.6 is 15.9 Å². The second kappa shape index (κ2) is 4.66. The Hall–Kier alpha value is -1.35. The topological polar surface area (TPSA) is 22.0 Å². The van der Waals surface area contributed by atoms with Crippen LogP contribution < -0.4 is 5.56 Å². The molecule has 0 bridgehead atoms. The highest BCUT2D eigenvalue weighted by atomic mass is 79.9. The molecule has 0 unspecified atom stereocenters. The van der Waals surface area contributed by atoms with Gasteiger partial charge in [-0.15, -0.1) is 0 Å². The molecule has 3 heteroatoms. The first-order chi connectivity index (χ1) is 7.66. The first-order valence-electron chi connectivity index (χ1n) is 5.07. The Labute approximate surface area is 103 Å². The summed E-state index contributed by atoms with van der Waals surface area (Å²) in [5.74, 6) is 0. The van der Waals surface area contributed by atoms with E-state index in [4.69, 9.17) is 0 Å². The van der Waals surface area contributed by atoms with E-state index in [0.717, 1.165) is 15.6 Å². The maximum absolute atomic E-state index is 11.7. The summed E-state index contributed by atoms with van der Waals surface area (Å²) >= 11 is 3.48. The average Bonchev–Trinajstić information content (AvgIpc) is 2.25. The quantitative estimate of drug-likeness (QED) is 0.827. The standard InChI is InChI=1S/C13H12BrNO/c1-10-6-7-15(13(16)8-10)9-11-4-2-3-5-12(11)14/h2-8H,9H2,1H3. The van der Waals surface area contributed by atoms with Crippen LogP contribution in [0.4, 0.5) is 0 Å². The minimum Gasteiger partial charge on any atom is -0.311 e. The van der Waals surface area contributed by atoms with Crippen molar-refractivity contribution >= 4 is 15.9 Å².